The van der Waals surface area contributed by atoms with Crippen molar-refractivity contribution in [3.63, 3.8) is 0 Å². The Hall–Kier alpha value is -1.43. The SMILES string of the molecule is O=C(O)CCCNCCn1ccnn1. The summed E-state index contributed by atoms with van der Waals surface area (Å²) in [5, 5.41) is 19.0. The maximum absolute atomic E-state index is 10.2. The molecule has 6 heteroatoms. The number of aromatic nitrogens is 3. The molecular formula is C8H14N4O2. The van der Waals surface area contributed by atoms with E-state index in [1.165, 1.54) is 0 Å². The zero-order chi connectivity index (χ0) is 10.2. The van der Waals surface area contributed by atoms with Crippen LogP contribution in [-0.2, 0) is 11.3 Å². The van der Waals surface area contributed by atoms with Crippen LogP contribution in [0.3, 0.4) is 0 Å². The predicted octanol–water partition coefficient (Wildman–Crippen LogP) is -0.268. The summed E-state index contributed by atoms with van der Waals surface area (Å²) in [5.74, 6) is -0.747. The van der Waals surface area contributed by atoms with Crippen LogP contribution >= 0.6 is 0 Å². The van der Waals surface area contributed by atoms with Crippen LogP contribution in [0.15, 0.2) is 12.4 Å². The highest BCUT2D eigenvalue weighted by atomic mass is 16.4. The predicted molar refractivity (Wildman–Crippen MR) is 49.8 cm³/mol. The minimum absolute atomic E-state index is 0.219. The Kier molecular flexibility index (Phi) is 4.63. The number of carbonyl (C=O) groups is 1. The van der Waals surface area contributed by atoms with Gasteiger partial charge in [0.15, 0.2) is 0 Å². The van der Waals surface area contributed by atoms with Crippen molar-refractivity contribution < 1.29 is 9.90 Å². The van der Waals surface area contributed by atoms with E-state index in [0.717, 1.165) is 19.6 Å². The Labute approximate surface area is 81.9 Å². The average molecular weight is 198 g/mol. The molecule has 0 aliphatic rings. The first-order valence-electron chi connectivity index (χ1n) is 4.55. The number of rotatable bonds is 7. The number of nitrogens with zero attached hydrogens (tertiary/aromatic N) is 3. The molecule has 0 atom stereocenters. The third kappa shape index (κ3) is 4.56. The van der Waals surface area contributed by atoms with Gasteiger partial charge in [-0.25, -0.2) is 0 Å². The molecule has 0 saturated carbocycles. The van der Waals surface area contributed by atoms with Crippen LogP contribution in [0, 0.1) is 0 Å². The Bertz CT molecular complexity index is 260. The van der Waals surface area contributed by atoms with E-state index in [1.807, 2.05) is 0 Å². The molecule has 1 aromatic heterocycles. The molecule has 1 heterocycles. The van der Waals surface area contributed by atoms with Crippen molar-refractivity contribution in [2.45, 2.75) is 19.4 Å². The summed E-state index contributed by atoms with van der Waals surface area (Å²) < 4.78 is 1.73. The Morgan fingerprint density at radius 2 is 2.36 bits per heavy atom. The number of hydrogen-bond acceptors (Lipinski definition) is 4. The second kappa shape index (κ2) is 6.09. The molecule has 0 aromatic carbocycles. The molecule has 0 aliphatic carbocycles. The van der Waals surface area contributed by atoms with Crippen molar-refractivity contribution in [2.75, 3.05) is 13.1 Å². The van der Waals surface area contributed by atoms with Gasteiger partial charge in [-0.3, -0.25) is 9.48 Å². The van der Waals surface area contributed by atoms with Crippen molar-refractivity contribution in [3.8, 4) is 0 Å². The van der Waals surface area contributed by atoms with E-state index in [0.29, 0.717) is 6.42 Å². The van der Waals surface area contributed by atoms with Crippen LogP contribution in [0.2, 0.25) is 0 Å². The van der Waals surface area contributed by atoms with Gasteiger partial charge >= 0.3 is 5.97 Å². The Morgan fingerprint density at radius 1 is 1.50 bits per heavy atom. The van der Waals surface area contributed by atoms with Crippen molar-refractivity contribution in [2.24, 2.45) is 0 Å². The third-order valence-electron chi connectivity index (χ3n) is 1.73. The molecule has 0 aliphatic heterocycles. The van der Waals surface area contributed by atoms with Crippen LogP contribution in [-0.4, -0.2) is 39.2 Å². The first-order valence-corrected chi connectivity index (χ1v) is 4.55. The van der Waals surface area contributed by atoms with Gasteiger partial charge in [-0.05, 0) is 13.0 Å². The molecule has 1 aromatic rings. The molecule has 0 saturated heterocycles. The van der Waals surface area contributed by atoms with Crippen LogP contribution < -0.4 is 5.32 Å². The van der Waals surface area contributed by atoms with Gasteiger partial charge < -0.3 is 10.4 Å². The van der Waals surface area contributed by atoms with Crippen molar-refractivity contribution in [1.29, 1.82) is 0 Å². The van der Waals surface area contributed by atoms with E-state index >= 15 is 0 Å². The van der Waals surface area contributed by atoms with E-state index in [4.69, 9.17) is 5.11 Å². The summed E-state index contributed by atoms with van der Waals surface area (Å²) >= 11 is 0. The molecule has 1 rings (SSSR count). The van der Waals surface area contributed by atoms with Gasteiger partial charge in [0.1, 0.15) is 0 Å². The fourth-order valence-corrected chi connectivity index (χ4v) is 1.04. The van der Waals surface area contributed by atoms with Crippen LogP contribution in [0.5, 0.6) is 0 Å². The summed E-state index contributed by atoms with van der Waals surface area (Å²) in [6, 6.07) is 0. The number of aliphatic carboxylic acids is 1. The fraction of sp³-hybridized carbons (Fsp3) is 0.625. The minimum Gasteiger partial charge on any atom is -0.481 e. The van der Waals surface area contributed by atoms with Crippen LogP contribution in [0.1, 0.15) is 12.8 Å². The molecule has 0 spiro atoms. The van der Waals surface area contributed by atoms with E-state index in [2.05, 4.69) is 15.6 Å². The number of carboxylic acid groups (broad SMARTS) is 1. The second-order valence-electron chi connectivity index (χ2n) is 2.91. The molecule has 2 N–H and O–H groups in total. The molecular weight excluding hydrogens is 184 g/mol. The summed E-state index contributed by atoms with van der Waals surface area (Å²) in [6.45, 7) is 2.26. The van der Waals surface area contributed by atoms with E-state index < -0.39 is 5.97 Å². The second-order valence-corrected chi connectivity index (χ2v) is 2.91. The first kappa shape index (κ1) is 10.6. The lowest BCUT2D eigenvalue weighted by molar-refractivity contribution is -0.137. The Morgan fingerprint density at radius 3 is 3.00 bits per heavy atom. The van der Waals surface area contributed by atoms with Gasteiger partial charge in [0.25, 0.3) is 0 Å². The molecule has 6 nitrogen and oxygen atoms in total. The average Bonchev–Trinajstić information content (AvgIpc) is 2.63. The Balaban J connectivity index is 1.92. The lowest BCUT2D eigenvalue weighted by Crippen LogP contribution is -2.21. The van der Waals surface area contributed by atoms with Gasteiger partial charge in [-0.2, -0.15) is 0 Å². The van der Waals surface area contributed by atoms with E-state index in [-0.39, 0.29) is 6.42 Å². The van der Waals surface area contributed by atoms with Gasteiger partial charge in [-0.15, -0.1) is 5.10 Å². The highest BCUT2D eigenvalue weighted by Gasteiger charge is 1.95. The maximum Gasteiger partial charge on any atom is 0.303 e. The zero-order valence-electron chi connectivity index (χ0n) is 7.89. The van der Waals surface area contributed by atoms with Crippen molar-refractivity contribution >= 4 is 5.97 Å². The molecule has 0 fully saturated rings. The standard InChI is InChI=1S/C8H14N4O2/c13-8(14)2-1-3-9-4-6-12-7-5-10-11-12/h5,7,9H,1-4,6H2,(H,13,14). The quantitative estimate of drug-likeness (QED) is 0.590. The smallest absolute Gasteiger partial charge is 0.303 e. The van der Waals surface area contributed by atoms with Crippen LogP contribution in [0.4, 0.5) is 0 Å². The first-order chi connectivity index (χ1) is 6.79. The van der Waals surface area contributed by atoms with Gasteiger partial charge in [0.2, 0.25) is 0 Å². The number of carboxylic acids is 1. The lowest BCUT2D eigenvalue weighted by Gasteiger charge is -2.02. The largest absolute Gasteiger partial charge is 0.481 e. The topological polar surface area (TPSA) is 80.0 Å². The maximum atomic E-state index is 10.2. The summed E-state index contributed by atoms with van der Waals surface area (Å²) in [5.41, 5.74) is 0. The monoisotopic (exact) mass is 198 g/mol. The van der Waals surface area contributed by atoms with Gasteiger partial charge in [0.05, 0.1) is 12.7 Å². The van der Waals surface area contributed by atoms with Crippen molar-refractivity contribution in [3.05, 3.63) is 12.4 Å². The molecule has 78 valence electrons. The number of hydrogen-bond donors (Lipinski definition) is 2. The highest BCUT2D eigenvalue weighted by molar-refractivity contribution is 5.66. The molecule has 0 amide bonds. The van der Waals surface area contributed by atoms with Crippen LogP contribution in [0.25, 0.3) is 0 Å². The van der Waals surface area contributed by atoms with Gasteiger partial charge in [0, 0.05) is 19.2 Å². The lowest BCUT2D eigenvalue weighted by atomic mass is 10.3. The fourth-order valence-electron chi connectivity index (χ4n) is 1.04. The third-order valence-corrected chi connectivity index (χ3v) is 1.73. The van der Waals surface area contributed by atoms with Gasteiger partial charge in [-0.1, -0.05) is 5.21 Å². The summed E-state index contributed by atoms with van der Waals surface area (Å²) in [6.07, 6.45) is 4.30. The highest BCUT2D eigenvalue weighted by Crippen LogP contribution is 1.86. The molecule has 0 bridgehead atoms. The number of nitrogens with one attached hydrogen (secondary N) is 1. The van der Waals surface area contributed by atoms with Crippen molar-refractivity contribution in [1.82, 2.24) is 20.3 Å². The van der Waals surface area contributed by atoms with E-state index in [9.17, 15) is 4.79 Å². The summed E-state index contributed by atoms with van der Waals surface area (Å²) in [4.78, 5) is 10.2. The molecule has 0 radical (unpaired) electrons. The summed E-state index contributed by atoms with van der Waals surface area (Å²) in [7, 11) is 0. The minimum atomic E-state index is -0.747. The zero-order valence-corrected chi connectivity index (χ0v) is 7.89. The molecule has 14 heavy (non-hydrogen) atoms. The molecule has 0 unspecified atom stereocenters. The normalized spacial score (nSPS) is 10.3. The van der Waals surface area contributed by atoms with E-state index in [1.54, 1.807) is 17.1 Å².